The number of aromatic nitrogens is 1. The third-order valence-electron chi connectivity index (χ3n) is 8.31. The number of aliphatic hydroxyl groups is 2. The van der Waals surface area contributed by atoms with E-state index < -0.39 is 6.10 Å². The Hall–Kier alpha value is -5.28. The minimum Gasteiger partial charge on any atom is -0.487 e. The average molecular weight is 644 g/mol. The Morgan fingerprint density at radius 1 is 0.771 bits per heavy atom. The Morgan fingerprint density at radius 2 is 1.50 bits per heavy atom. The Balaban J connectivity index is 1.15. The molecule has 0 aliphatic carbocycles. The number of benzene rings is 5. The number of hydrogen-bond acceptors (Lipinski definition) is 7. The molecule has 0 radical (unpaired) electrons. The quantitative estimate of drug-likeness (QED) is 0.106. The van der Waals surface area contributed by atoms with E-state index in [-0.39, 0.29) is 25.0 Å². The highest BCUT2D eigenvalue weighted by atomic mass is 19.1. The van der Waals surface area contributed by atoms with Gasteiger partial charge in [-0.1, -0.05) is 78.9 Å². The van der Waals surface area contributed by atoms with Crippen molar-refractivity contribution in [2.24, 2.45) is 0 Å². The van der Waals surface area contributed by atoms with Gasteiger partial charge in [-0.2, -0.15) is 0 Å². The summed E-state index contributed by atoms with van der Waals surface area (Å²) in [6, 6.07) is 38.8. The zero-order chi connectivity index (χ0) is 33.3. The predicted molar refractivity (Wildman–Crippen MR) is 186 cm³/mol. The lowest BCUT2D eigenvalue weighted by Crippen LogP contribution is -2.41. The van der Waals surface area contributed by atoms with E-state index in [1.807, 2.05) is 91.0 Å². The molecular weight excluding hydrogens is 605 g/mol. The van der Waals surface area contributed by atoms with Crippen LogP contribution in [0.15, 0.2) is 134 Å². The van der Waals surface area contributed by atoms with Crippen LogP contribution in [0.5, 0.6) is 17.2 Å². The Labute approximate surface area is 279 Å². The van der Waals surface area contributed by atoms with Gasteiger partial charge in [0.2, 0.25) is 0 Å². The highest BCUT2D eigenvalue weighted by molar-refractivity contribution is 5.85. The maximum Gasteiger partial charge on any atom is 0.142 e. The highest BCUT2D eigenvalue weighted by Gasteiger charge is 2.23. The van der Waals surface area contributed by atoms with Gasteiger partial charge in [0, 0.05) is 36.8 Å². The molecule has 0 aliphatic heterocycles. The molecule has 0 unspecified atom stereocenters. The van der Waals surface area contributed by atoms with E-state index in [2.05, 4.69) is 9.88 Å². The molecule has 0 spiro atoms. The van der Waals surface area contributed by atoms with Crippen molar-refractivity contribution in [2.75, 3.05) is 18.9 Å². The number of ether oxygens (including phenoxy) is 2. The van der Waals surface area contributed by atoms with Crippen molar-refractivity contribution in [1.82, 2.24) is 9.88 Å². The van der Waals surface area contributed by atoms with Gasteiger partial charge in [0.05, 0.1) is 23.9 Å². The zero-order valence-electron chi connectivity index (χ0n) is 26.5. The number of nitrogen functional groups attached to an aromatic ring is 1. The van der Waals surface area contributed by atoms with Crippen molar-refractivity contribution in [2.45, 2.75) is 31.7 Å². The first-order chi connectivity index (χ1) is 23.4. The van der Waals surface area contributed by atoms with Crippen LogP contribution >= 0.6 is 0 Å². The molecule has 0 saturated carbocycles. The van der Waals surface area contributed by atoms with Gasteiger partial charge in [0.15, 0.2) is 0 Å². The largest absolute Gasteiger partial charge is 0.487 e. The van der Waals surface area contributed by atoms with Crippen LogP contribution in [0.4, 0.5) is 10.1 Å². The number of pyridine rings is 1. The van der Waals surface area contributed by atoms with E-state index in [9.17, 15) is 14.6 Å². The fraction of sp³-hybridized carbons (Fsp3) is 0.175. The predicted octanol–water partition coefficient (Wildman–Crippen LogP) is 7.47. The van der Waals surface area contributed by atoms with Gasteiger partial charge in [-0.3, -0.25) is 9.88 Å². The molecule has 2 atom stereocenters. The fourth-order valence-corrected chi connectivity index (χ4v) is 5.71. The van der Waals surface area contributed by atoms with Crippen molar-refractivity contribution in [3.63, 3.8) is 0 Å². The van der Waals surface area contributed by atoms with Crippen molar-refractivity contribution in [3.05, 3.63) is 162 Å². The lowest BCUT2D eigenvalue weighted by atomic mass is 10.0. The van der Waals surface area contributed by atoms with Crippen LogP contribution in [0.2, 0.25) is 0 Å². The van der Waals surface area contributed by atoms with Gasteiger partial charge in [-0.25, -0.2) is 4.39 Å². The number of nitrogens with two attached hydrogens (primary N) is 1. The molecule has 1 heterocycles. The molecule has 48 heavy (non-hydrogen) atoms. The van der Waals surface area contributed by atoms with Crippen LogP contribution in [0.3, 0.4) is 0 Å². The van der Waals surface area contributed by atoms with Gasteiger partial charge in [-0.15, -0.1) is 0 Å². The second-order valence-electron chi connectivity index (χ2n) is 11.8. The van der Waals surface area contributed by atoms with Crippen LogP contribution in [0.1, 0.15) is 28.4 Å². The van der Waals surface area contributed by atoms with Crippen molar-refractivity contribution in [1.29, 1.82) is 0 Å². The Morgan fingerprint density at radius 3 is 2.21 bits per heavy atom. The molecule has 6 rings (SSSR count). The summed E-state index contributed by atoms with van der Waals surface area (Å²) in [6.07, 6.45) is 1.28. The first kappa shape index (κ1) is 32.7. The second kappa shape index (κ2) is 15.5. The summed E-state index contributed by atoms with van der Waals surface area (Å²) in [6.45, 7) is 1.10. The van der Waals surface area contributed by atoms with E-state index >= 15 is 0 Å². The summed E-state index contributed by atoms with van der Waals surface area (Å²) < 4.78 is 25.7. The molecular formula is C40H38FN3O4. The number of hydrogen-bond donors (Lipinski definition) is 3. The number of fused-ring (bicyclic) bond motifs is 1. The fourth-order valence-electron chi connectivity index (χ4n) is 5.71. The number of rotatable bonds is 14. The van der Waals surface area contributed by atoms with Crippen LogP contribution in [-0.4, -0.2) is 39.3 Å². The maximum atomic E-state index is 13.7. The molecule has 0 fully saturated rings. The standard InChI is InChI=1S/C40H38FN3O4/c41-32-14-17-35-37(23-32)43-20-19-39(35)48-34-15-11-28(12-16-34)21-33(26-45)44(24-29-7-3-1-4-8-29)25-38(46)31-13-18-40(36(42)22-31)47-27-30-9-5-2-6-10-30/h1-20,22-23,33,38,45-46H,21,24-27,42H2/t33-,38-/m0/s1. The van der Waals surface area contributed by atoms with E-state index in [1.165, 1.54) is 12.1 Å². The molecule has 7 nitrogen and oxygen atoms in total. The minimum absolute atomic E-state index is 0.105. The van der Waals surface area contributed by atoms with E-state index in [1.54, 1.807) is 30.5 Å². The van der Waals surface area contributed by atoms with E-state index in [0.717, 1.165) is 22.1 Å². The van der Waals surface area contributed by atoms with Crippen LogP contribution < -0.4 is 15.2 Å². The summed E-state index contributed by atoms with van der Waals surface area (Å²) in [5.74, 6) is 1.42. The van der Waals surface area contributed by atoms with Gasteiger partial charge in [-0.05, 0) is 71.1 Å². The summed E-state index contributed by atoms with van der Waals surface area (Å²) >= 11 is 0. The Bertz CT molecular complexity index is 1920. The van der Waals surface area contributed by atoms with Crippen molar-refractivity contribution < 1.29 is 24.1 Å². The molecule has 0 aliphatic rings. The third kappa shape index (κ3) is 8.35. The third-order valence-corrected chi connectivity index (χ3v) is 8.31. The topological polar surface area (TPSA) is 101 Å². The molecule has 0 bridgehead atoms. The monoisotopic (exact) mass is 643 g/mol. The van der Waals surface area contributed by atoms with E-state index in [4.69, 9.17) is 15.2 Å². The first-order valence-corrected chi connectivity index (χ1v) is 15.9. The first-order valence-electron chi connectivity index (χ1n) is 15.9. The minimum atomic E-state index is -0.854. The van der Waals surface area contributed by atoms with Crippen LogP contribution in [-0.2, 0) is 19.6 Å². The molecule has 8 heteroatoms. The van der Waals surface area contributed by atoms with Gasteiger partial charge in [0.1, 0.15) is 29.7 Å². The Kier molecular flexibility index (Phi) is 10.6. The molecule has 4 N–H and O–H groups in total. The van der Waals surface area contributed by atoms with E-state index in [0.29, 0.717) is 53.6 Å². The molecule has 244 valence electrons. The molecule has 0 saturated heterocycles. The second-order valence-corrected chi connectivity index (χ2v) is 11.8. The summed E-state index contributed by atoms with van der Waals surface area (Å²) in [7, 11) is 0. The number of aliphatic hydroxyl groups excluding tert-OH is 2. The van der Waals surface area contributed by atoms with Gasteiger partial charge < -0.3 is 25.4 Å². The number of halogens is 1. The molecule has 6 aromatic rings. The summed E-state index contributed by atoms with van der Waals surface area (Å²) in [5.41, 5.74) is 11.1. The van der Waals surface area contributed by atoms with Gasteiger partial charge in [0.25, 0.3) is 0 Å². The molecule has 1 aromatic heterocycles. The number of anilines is 1. The summed E-state index contributed by atoms with van der Waals surface area (Å²) in [5, 5.41) is 22.7. The normalized spacial score (nSPS) is 12.6. The lowest BCUT2D eigenvalue weighted by molar-refractivity contribution is 0.0566. The lowest BCUT2D eigenvalue weighted by Gasteiger charge is -2.33. The number of nitrogens with zero attached hydrogens (tertiary/aromatic N) is 2. The van der Waals surface area contributed by atoms with Crippen LogP contribution in [0, 0.1) is 5.82 Å². The molecule has 5 aromatic carbocycles. The van der Waals surface area contributed by atoms with Gasteiger partial charge >= 0.3 is 0 Å². The SMILES string of the molecule is Nc1cc([C@@H](O)CN(Cc2ccccc2)[C@H](CO)Cc2ccc(Oc3ccnc4cc(F)ccc34)cc2)ccc1OCc1ccccc1. The smallest absolute Gasteiger partial charge is 0.142 e. The summed E-state index contributed by atoms with van der Waals surface area (Å²) in [4.78, 5) is 6.33. The average Bonchev–Trinajstić information content (AvgIpc) is 3.11. The zero-order valence-corrected chi connectivity index (χ0v) is 26.5. The van der Waals surface area contributed by atoms with Crippen molar-refractivity contribution in [3.8, 4) is 17.2 Å². The molecule has 0 amide bonds. The maximum absolute atomic E-state index is 13.7. The van der Waals surface area contributed by atoms with Crippen molar-refractivity contribution >= 4 is 16.6 Å². The highest BCUT2D eigenvalue weighted by Crippen LogP contribution is 2.31. The van der Waals surface area contributed by atoms with Crippen LogP contribution in [0.25, 0.3) is 10.9 Å².